The van der Waals surface area contributed by atoms with Gasteiger partial charge in [-0.1, -0.05) is 103 Å². The fourth-order valence-electron chi connectivity index (χ4n) is 5.65. The molecule has 0 N–H and O–H groups in total. The van der Waals surface area contributed by atoms with E-state index in [0.717, 1.165) is 43.4 Å². The smallest absolute Gasteiger partial charge is 0.447 e. The van der Waals surface area contributed by atoms with Crippen molar-refractivity contribution in [3.63, 3.8) is 0 Å². The molecular formula is C31H45F17N2O4S. The van der Waals surface area contributed by atoms with Gasteiger partial charge in [0.1, 0.15) is 6.61 Å². The van der Waals surface area contributed by atoms with Gasteiger partial charge in [-0.3, -0.25) is 0 Å². The van der Waals surface area contributed by atoms with Crippen LogP contribution < -0.4 is 0 Å². The van der Waals surface area contributed by atoms with E-state index in [0.29, 0.717) is 12.8 Å². The molecule has 1 unspecified atom stereocenters. The topological polar surface area (TPSA) is 66.9 Å². The fraction of sp³-hybridized carbons (Fsp3) is 0.968. The summed E-state index contributed by atoms with van der Waals surface area (Å²) < 4.78 is 260. The molecule has 1 heterocycles. The maximum atomic E-state index is 14.7. The Bertz CT molecular complexity index is 1310. The van der Waals surface area contributed by atoms with Crippen molar-refractivity contribution in [2.24, 2.45) is 0 Å². The van der Waals surface area contributed by atoms with Crippen LogP contribution in [0, 0.1) is 0 Å². The number of carbonyl (C=O) groups is 1. The normalized spacial score (nSPS) is 17.4. The molecule has 6 nitrogen and oxygen atoms in total. The molecule has 0 aromatic carbocycles. The summed E-state index contributed by atoms with van der Waals surface area (Å²) in [5, 5.41) is -7.66. The Kier molecular flexibility index (Phi) is 17.8. The number of ether oxygens (including phenoxy) is 1. The number of hydrogen-bond donors (Lipinski definition) is 0. The molecular weight excluding hydrogens is 819 g/mol. The van der Waals surface area contributed by atoms with E-state index in [2.05, 4.69) is 11.7 Å². The Morgan fingerprint density at radius 2 is 0.891 bits per heavy atom. The molecule has 1 rings (SSSR count). The Balaban J connectivity index is 2.87. The van der Waals surface area contributed by atoms with Crippen LogP contribution in [0.15, 0.2) is 0 Å². The van der Waals surface area contributed by atoms with E-state index in [-0.39, 0.29) is 20.0 Å². The number of amides is 1. The maximum absolute atomic E-state index is 14.7. The monoisotopic (exact) mass is 864 g/mol. The number of sulfonamides is 1. The van der Waals surface area contributed by atoms with Crippen molar-refractivity contribution in [2.45, 2.75) is 163 Å². The first kappa shape index (κ1) is 51.0. The summed E-state index contributed by atoms with van der Waals surface area (Å²) in [5.74, 6) is -52.0. The number of carbonyl (C=O) groups excluding carboxylic acids is 1. The minimum Gasteiger partial charge on any atom is -0.447 e. The van der Waals surface area contributed by atoms with Crippen LogP contribution in [0.3, 0.4) is 0 Å². The number of alkyl halides is 17. The number of unbranched alkanes of at least 4 members (excludes halogenated alkanes) is 15. The van der Waals surface area contributed by atoms with Gasteiger partial charge in [0, 0.05) is 20.1 Å². The van der Waals surface area contributed by atoms with E-state index in [1.165, 1.54) is 44.9 Å². The summed E-state index contributed by atoms with van der Waals surface area (Å²) in [6.45, 7) is -0.410. The molecule has 0 bridgehead atoms. The predicted octanol–water partition coefficient (Wildman–Crippen LogP) is 11.3. The van der Waals surface area contributed by atoms with Gasteiger partial charge in [-0.15, -0.1) is 0 Å². The minimum absolute atomic E-state index is 0.0438. The van der Waals surface area contributed by atoms with Crippen molar-refractivity contribution in [3.05, 3.63) is 0 Å². The first-order valence-corrected chi connectivity index (χ1v) is 18.9. The summed E-state index contributed by atoms with van der Waals surface area (Å²) in [6, 6.07) is -1.61. The third-order valence-corrected chi connectivity index (χ3v) is 11.1. The van der Waals surface area contributed by atoms with Crippen molar-refractivity contribution in [1.82, 2.24) is 9.21 Å². The number of rotatable bonds is 27. The maximum Gasteiger partial charge on any atom is 0.460 e. The van der Waals surface area contributed by atoms with Gasteiger partial charge < -0.3 is 9.64 Å². The van der Waals surface area contributed by atoms with E-state index in [9.17, 15) is 87.8 Å². The van der Waals surface area contributed by atoms with E-state index in [4.69, 9.17) is 0 Å². The molecule has 1 atom stereocenters. The second kappa shape index (κ2) is 19.2. The quantitative estimate of drug-likeness (QED) is 0.0609. The zero-order chi connectivity index (χ0) is 43.0. The number of cyclic esters (lactones) is 1. The van der Waals surface area contributed by atoms with Crippen LogP contribution in [0.5, 0.6) is 0 Å². The molecule has 0 aliphatic carbocycles. The molecule has 24 heteroatoms. The first-order valence-electron chi connectivity index (χ1n) is 17.5. The van der Waals surface area contributed by atoms with Crippen molar-refractivity contribution < 1.29 is 92.6 Å². The van der Waals surface area contributed by atoms with E-state index in [1.54, 1.807) is 0 Å². The summed E-state index contributed by atoms with van der Waals surface area (Å²) in [5.41, 5.74) is 0. The molecule has 1 saturated heterocycles. The lowest BCUT2D eigenvalue weighted by molar-refractivity contribution is -0.458. The summed E-state index contributed by atoms with van der Waals surface area (Å²) >= 11 is 0. The number of likely N-dealkylation sites (N-methyl/N-ethyl adjacent to an activating group) is 1. The number of nitrogens with zero attached hydrogens (tertiary/aromatic N) is 2. The van der Waals surface area contributed by atoms with Crippen LogP contribution in [-0.4, -0.2) is 103 Å². The van der Waals surface area contributed by atoms with Gasteiger partial charge in [0.05, 0.1) is 6.04 Å². The van der Waals surface area contributed by atoms with E-state index in [1.807, 2.05) is 0 Å². The predicted molar refractivity (Wildman–Crippen MR) is 164 cm³/mol. The zero-order valence-corrected chi connectivity index (χ0v) is 30.7. The van der Waals surface area contributed by atoms with Crippen LogP contribution in [0.1, 0.15) is 110 Å². The lowest BCUT2D eigenvalue weighted by Gasteiger charge is -2.43. The van der Waals surface area contributed by atoms with Crippen LogP contribution in [0.2, 0.25) is 0 Å². The molecule has 0 spiro atoms. The van der Waals surface area contributed by atoms with Crippen molar-refractivity contribution >= 4 is 16.1 Å². The third-order valence-electron chi connectivity index (χ3n) is 9.22. The van der Waals surface area contributed by atoms with Gasteiger partial charge in [-0.05, 0) is 6.42 Å². The third kappa shape index (κ3) is 10.5. The highest BCUT2D eigenvalue weighted by Crippen LogP contribution is 2.64. The average Bonchev–Trinajstić information content (AvgIpc) is 3.41. The zero-order valence-electron chi connectivity index (χ0n) is 29.9. The molecule has 0 aromatic rings. The molecule has 1 fully saturated rings. The van der Waals surface area contributed by atoms with Gasteiger partial charge >= 0.3 is 53.1 Å². The van der Waals surface area contributed by atoms with Crippen LogP contribution in [-0.2, 0) is 14.8 Å². The Labute approximate surface area is 307 Å². The largest absolute Gasteiger partial charge is 0.460 e. The van der Waals surface area contributed by atoms with E-state index >= 15 is 0 Å². The summed E-state index contributed by atoms with van der Waals surface area (Å²) in [4.78, 5) is 12.9. The van der Waals surface area contributed by atoms with Gasteiger partial charge in [-0.25, -0.2) is 13.2 Å². The van der Waals surface area contributed by atoms with Crippen molar-refractivity contribution in [1.29, 1.82) is 0 Å². The summed E-state index contributed by atoms with van der Waals surface area (Å²) in [6.07, 6.45) is 6.75. The Morgan fingerprint density at radius 1 is 0.564 bits per heavy atom. The lowest BCUT2D eigenvalue weighted by Crippen LogP contribution is -2.75. The highest BCUT2D eigenvalue weighted by atomic mass is 32.2. The molecule has 0 saturated carbocycles. The second-order valence-corrected chi connectivity index (χ2v) is 15.6. The molecule has 0 aromatic heterocycles. The van der Waals surface area contributed by atoms with Gasteiger partial charge in [0.2, 0.25) is 0 Å². The second-order valence-electron chi connectivity index (χ2n) is 13.5. The molecule has 1 aliphatic heterocycles. The standard InChI is InChI=1S/C31H45F17N2O4S/c1-3-4-5-6-7-8-9-10-11-12-13-14-15-16-17-18-19-50-22(21-54-23(50)51)20-49(2)55(52,53)31(47,48)29(42,43)27(38,39)25(34,35)24(32,33)26(36,37)28(40,41)30(44,45)46/h22H,3-21H2,1-2H3. The van der Waals surface area contributed by atoms with E-state index < -0.39 is 86.6 Å². The molecule has 1 amide bonds. The van der Waals surface area contributed by atoms with Crippen LogP contribution in [0.4, 0.5) is 79.4 Å². The van der Waals surface area contributed by atoms with Crippen molar-refractivity contribution in [3.8, 4) is 0 Å². The molecule has 55 heavy (non-hydrogen) atoms. The number of halogens is 17. The average molecular weight is 865 g/mol. The highest BCUT2D eigenvalue weighted by molar-refractivity contribution is 7.90. The van der Waals surface area contributed by atoms with Crippen LogP contribution >= 0.6 is 0 Å². The fourth-order valence-corrected chi connectivity index (χ4v) is 6.86. The lowest BCUT2D eigenvalue weighted by atomic mass is 9.91. The molecule has 0 radical (unpaired) electrons. The van der Waals surface area contributed by atoms with Crippen molar-refractivity contribution in [2.75, 3.05) is 26.7 Å². The molecule has 328 valence electrons. The van der Waals surface area contributed by atoms with Crippen LogP contribution in [0.25, 0.3) is 0 Å². The summed E-state index contributed by atoms with van der Waals surface area (Å²) in [7, 11) is -7.51. The van der Waals surface area contributed by atoms with Gasteiger partial charge in [-0.2, -0.15) is 78.9 Å². The minimum atomic E-state index is -8.91. The SMILES string of the molecule is CCCCCCCCCCCCCCCCCCN1C(=O)OCC1CN(C)S(=O)(=O)C(F)(F)C(F)(F)C(F)(F)C(F)(F)C(F)(F)C(F)(F)C(F)(F)C(F)(F)F. The Hall–Kier alpha value is -2.01. The number of hydrogen-bond acceptors (Lipinski definition) is 4. The first-order chi connectivity index (χ1) is 24.9. The van der Waals surface area contributed by atoms with Gasteiger partial charge in [0.25, 0.3) is 10.0 Å². The highest BCUT2D eigenvalue weighted by Gasteiger charge is 2.96. The Morgan fingerprint density at radius 3 is 1.25 bits per heavy atom. The molecule has 1 aliphatic rings. The van der Waals surface area contributed by atoms with Gasteiger partial charge in [0.15, 0.2) is 0 Å².